The molecular formula is C9H12F3N3O3. The minimum absolute atomic E-state index is 0.109. The topological polar surface area (TPSA) is 90.1 Å². The number of alkyl halides is 3. The molecule has 1 rings (SSSR count). The van der Waals surface area contributed by atoms with Crippen LogP contribution in [0.4, 0.5) is 18.9 Å². The van der Waals surface area contributed by atoms with E-state index in [0.29, 0.717) is 0 Å². The van der Waals surface area contributed by atoms with Gasteiger partial charge in [0.1, 0.15) is 12.3 Å². The van der Waals surface area contributed by atoms with Crippen molar-refractivity contribution in [3.05, 3.63) is 27.0 Å². The van der Waals surface area contributed by atoms with Crippen molar-refractivity contribution in [1.29, 1.82) is 0 Å². The average molecular weight is 267 g/mol. The molecule has 0 bridgehead atoms. The van der Waals surface area contributed by atoms with E-state index in [4.69, 9.17) is 5.73 Å². The molecule has 0 aliphatic carbocycles. The predicted octanol–water partition coefficient (Wildman–Crippen LogP) is 0.0878. The van der Waals surface area contributed by atoms with Crippen LogP contribution in [0.5, 0.6) is 0 Å². The standard InChI is InChI=1S/C9H12F3N3O3/c10-9(11,12)5-18-3-1-2-15-4-6(13)7(16)14-8(15)17/h4H,1-3,5,13H2,(H,14,16,17). The molecule has 0 radical (unpaired) electrons. The molecule has 6 nitrogen and oxygen atoms in total. The van der Waals surface area contributed by atoms with Crippen molar-refractivity contribution in [3.63, 3.8) is 0 Å². The zero-order valence-electron chi connectivity index (χ0n) is 9.29. The second-order valence-corrected chi connectivity index (χ2v) is 3.56. The zero-order valence-corrected chi connectivity index (χ0v) is 9.29. The molecule has 0 aromatic carbocycles. The van der Waals surface area contributed by atoms with E-state index in [1.807, 2.05) is 4.98 Å². The molecule has 1 aromatic heterocycles. The smallest absolute Gasteiger partial charge is 0.393 e. The van der Waals surface area contributed by atoms with Gasteiger partial charge in [-0.15, -0.1) is 0 Å². The van der Waals surface area contributed by atoms with Crippen LogP contribution in [0.3, 0.4) is 0 Å². The van der Waals surface area contributed by atoms with Gasteiger partial charge in [-0.2, -0.15) is 13.2 Å². The molecule has 0 fully saturated rings. The van der Waals surface area contributed by atoms with Gasteiger partial charge in [0.2, 0.25) is 0 Å². The van der Waals surface area contributed by atoms with Gasteiger partial charge >= 0.3 is 11.9 Å². The van der Waals surface area contributed by atoms with Crippen LogP contribution in [0.25, 0.3) is 0 Å². The number of nitrogens with one attached hydrogen (secondary N) is 1. The summed E-state index contributed by atoms with van der Waals surface area (Å²) in [6.45, 7) is -1.36. The van der Waals surface area contributed by atoms with Gasteiger partial charge in [-0.3, -0.25) is 14.3 Å². The van der Waals surface area contributed by atoms with Crippen molar-refractivity contribution < 1.29 is 17.9 Å². The number of hydrogen-bond acceptors (Lipinski definition) is 4. The summed E-state index contributed by atoms with van der Waals surface area (Å²) in [6, 6.07) is 0. The van der Waals surface area contributed by atoms with Crippen molar-refractivity contribution in [2.24, 2.45) is 0 Å². The van der Waals surface area contributed by atoms with E-state index in [2.05, 4.69) is 4.74 Å². The third kappa shape index (κ3) is 4.62. The first kappa shape index (κ1) is 14.3. The van der Waals surface area contributed by atoms with Gasteiger partial charge in [0.25, 0.3) is 5.56 Å². The Morgan fingerprint density at radius 2 is 2.06 bits per heavy atom. The highest BCUT2D eigenvalue weighted by Gasteiger charge is 2.27. The number of nitrogens with two attached hydrogens (primary N) is 1. The molecule has 0 aliphatic rings. The summed E-state index contributed by atoms with van der Waals surface area (Å²) in [5, 5.41) is 0. The first-order chi connectivity index (χ1) is 8.29. The summed E-state index contributed by atoms with van der Waals surface area (Å²) < 4.78 is 40.7. The fourth-order valence-electron chi connectivity index (χ4n) is 1.22. The van der Waals surface area contributed by atoms with E-state index in [1.165, 1.54) is 0 Å². The van der Waals surface area contributed by atoms with Gasteiger partial charge in [0.05, 0.1) is 0 Å². The molecule has 0 aliphatic heterocycles. The molecule has 1 aromatic rings. The Kier molecular flexibility index (Phi) is 4.54. The van der Waals surface area contributed by atoms with Crippen molar-refractivity contribution in [2.45, 2.75) is 19.1 Å². The van der Waals surface area contributed by atoms with Gasteiger partial charge in [-0.1, -0.05) is 0 Å². The predicted molar refractivity (Wildman–Crippen MR) is 57.2 cm³/mol. The van der Waals surface area contributed by atoms with Crippen molar-refractivity contribution >= 4 is 5.69 Å². The van der Waals surface area contributed by atoms with E-state index in [1.54, 1.807) is 0 Å². The number of nitrogens with zero attached hydrogens (tertiary/aromatic N) is 1. The molecule has 1 heterocycles. The fourth-order valence-corrected chi connectivity index (χ4v) is 1.22. The van der Waals surface area contributed by atoms with Gasteiger partial charge in [-0.05, 0) is 6.42 Å². The number of aromatic amines is 1. The fraction of sp³-hybridized carbons (Fsp3) is 0.556. The number of aromatic nitrogens is 2. The molecule has 9 heteroatoms. The number of anilines is 1. The normalized spacial score (nSPS) is 11.7. The van der Waals surface area contributed by atoms with E-state index in [-0.39, 0.29) is 25.3 Å². The Labute approximate surface area is 99.2 Å². The SMILES string of the molecule is Nc1cn(CCCOCC(F)(F)F)c(=O)[nH]c1=O. The molecule has 0 amide bonds. The van der Waals surface area contributed by atoms with Crippen LogP contribution in [0.1, 0.15) is 6.42 Å². The Morgan fingerprint density at radius 1 is 1.39 bits per heavy atom. The number of nitrogen functional groups attached to an aromatic ring is 1. The molecule has 0 saturated carbocycles. The molecule has 0 saturated heterocycles. The second-order valence-electron chi connectivity index (χ2n) is 3.56. The van der Waals surface area contributed by atoms with Gasteiger partial charge in [-0.25, -0.2) is 4.79 Å². The van der Waals surface area contributed by atoms with Crippen LogP contribution in [0.15, 0.2) is 15.8 Å². The Bertz CT molecular complexity index is 506. The highest BCUT2D eigenvalue weighted by Crippen LogP contribution is 2.14. The molecule has 0 atom stereocenters. The molecule has 3 N–H and O–H groups in total. The van der Waals surface area contributed by atoms with Gasteiger partial charge in [0.15, 0.2) is 0 Å². The maximum absolute atomic E-state index is 11.7. The van der Waals surface area contributed by atoms with Crippen LogP contribution in [-0.4, -0.2) is 28.9 Å². The summed E-state index contributed by atoms with van der Waals surface area (Å²) in [7, 11) is 0. The molecule has 0 unspecified atom stereocenters. The van der Waals surface area contributed by atoms with Crippen LogP contribution in [0.2, 0.25) is 0 Å². The lowest BCUT2D eigenvalue weighted by molar-refractivity contribution is -0.174. The van der Waals surface area contributed by atoms with E-state index in [9.17, 15) is 22.8 Å². The van der Waals surface area contributed by atoms with Crippen molar-refractivity contribution in [1.82, 2.24) is 9.55 Å². The monoisotopic (exact) mass is 267 g/mol. The van der Waals surface area contributed by atoms with Gasteiger partial charge < -0.3 is 10.5 Å². The number of hydrogen-bond donors (Lipinski definition) is 2. The van der Waals surface area contributed by atoms with Crippen LogP contribution < -0.4 is 17.0 Å². The quantitative estimate of drug-likeness (QED) is 0.740. The largest absolute Gasteiger partial charge is 0.411 e. The van der Waals surface area contributed by atoms with Crippen LogP contribution in [-0.2, 0) is 11.3 Å². The molecule has 0 spiro atoms. The van der Waals surface area contributed by atoms with Crippen LogP contribution >= 0.6 is 0 Å². The lowest BCUT2D eigenvalue weighted by atomic mass is 10.4. The maximum atomic E-state index is 11.7. The van der Waals surface area contributed by atoms with Crippen molar-refractivity contribution in [3.8, 4) is 0 Å². The number of ether oxygens (including phenoxy) is 1. The van der Waals surface area contributed by atoms with E-state index in [0.717, 1.165) is 10.8 Å². The average Bonchev–Trinajstić information content (AvgIpc) is 2.23. The second kappa shape index (κ2) is 5.71. The number of halogens is 3. The maximum Gasteiger partial charge on any atom is 0.411 e. The summed E-state index contributed by atoms with van der Waals surface area (Å²) in [6.07, 6.45) is -3.02. The first-order valence-corrected chi connectivity index (χ1v) is 5.03. The summed E-state index contributed by atoms with van der Waals surface area (Å²) in [5.74, 6) is 0. The Hall–Kier alpha value is -1.77. The molecule has 18 heavy (non-hydrogen) atoms. The molecular weight excluding hydrogens is 255 g/mol. The van der Waals surface area contributed by atoms with Crippen molar-refractivity contribution in [2.75, 3.05) is 18.9 Å². The summed E-state index contributed by atoms with van der Waals surface area (Å²) in [4.78, 5) is 24.2. The van der Waals surface area contributed by atoms with Crippen LogP contribution in [0, 0.1) is 0 Å². The number of aryl methyl sites for hydroxylation is 1. The summed E-state index contributed by atoms with van der Waals surface area (Å²) in [5.41, 5.74) is 3.81. The summed E-state index contributed by atoms with van der Waals surface area (Å²) >= 11 is 0. The number of H-pyrrole nitrogens is 1. The van der Waals surface area contributed by atoms with Gasteiger partial charge in [0, 0.05) is 19.3 Å². The third-order valence-corrected chi connectivity index (χ3v) is 1.99. The molecule has 102 valence electrons. The Balaban J connectivity index is 2.43. The minimum atomic E-state index is -4.36. The highest BCUT2D eigenvalue weighted by atomic mass is 19.4. The lowest BCUT2D eigenvalue weighted by Gasteiger charge is -2.08. The first-order valence-electron chi connectivity index (χ1n) is 5.03. The Morgan fingerprint density at radius 3 is 2.67 bits per heavy atom. The highest BCUT2D eigenvalue weighted by molar-refractivity contribution is 5.30. The van der Waals surface area contributed by atoms with E-state index < -0.39 is 24.0 Å². The lowest BCUT2D eigenvalue weighted by Crippen LogP contribution is -2.31. The minimum Gasteiger partial charge on any atom is -0.393 e. The third-order valence-electron chi connectivity index (χ3n) is 1.99. The number of rotatable bonds is 5. The zero-order chi connectivity index (χ0) is 13.8. The van der Waals surface area contributed by atoms with E-state index >= 15 is 0 Å².